The minimum Gasteiger partial charge on any atom is -0.334 e. The van der Waals surface area contributed by atoms with Crippen molar-refractivity contribution >= 4 is 32.9 Å². The van der Waals surface area contributed by atoms with Crippen molar-refractivity contribution in [2.75, 3.05) is 4.90 Å². The summed E-state index contributed by atoms with van der Waals surface area (Å²) in [5.41, 5.74) is 3.62. The van der Waals surface area contributed by atoms with Crippen LogP contribution in [0.4, 0.5) is 11.4 Å². The van der Waals surface area contributed by atoms with E-state index in [-0.39, 0.29) is 6.04 Å². The smallest absolute Gasteiger partial charge is 0.0560 e. The maximum Gasteiger partial charge on any atom is 0.0560 e. The van der Waals surface area contributed by atoms with E-state index in [1.54, 1.807) is 0 Å². The van der Waals surface area contributed by atoms with Crippen LogP contribution in [-0.2, 0) is 0 Å². The first-order valence-electron chi connectivity index (χ1n) is 10.1. The van der Waals surface area contributed by atoms with E-state index in [0.29, 0.717) is 0 Å². The third kappa shape index (κ3) is 3.36. The number of nitrogens with zero attached hydrogens (tertiary/aromatic N) is 1. The molecular weight excluding hydrogens is 350 g/mol. The van der Waals surface area contributed by atoms with Crippen LogP contribution in [0.3, 0.4) is 0 Å². The zero-order valence-corrected chi connectivity index (χ0v) is 16.3. The maximum atomic E-state index is 3.91. The van der Waals surface area contributed by atoms with E-state index in [4.69, 9.17) is 0 Å². The summed E-state index contributed by atoms with van der Waals surface area (Å²) in [5.74, 6) is 0. The summed E-state index contributed by atoms with van der Waals surface area (Å²) in [4.78, 5) is 2.45. The molecule has 5 rings (SSSR count). The largest absolute Gasteiger partial charge is 0.334 e. The number of hydrogen-bond acceptors (Lipinski definition) is 1. The molecule has 0 bridgehead atoms. The van der Waals surface area contributed by atoms with Gasteiger partial charge in [-0.1, -0.05) is 91.5 Å². The van der Waals surface area contributed by atoms with E-state index in [0.717, 1.165) is 6.42 Å². The Morgan fingerprint density at radius 2 is 1.28 bits per heavy atom. The van der Waals surface area contributed by atoms with Gasteiger partial charge >= 0.3 is 0 Å². The number of anilines is 2. The molecule has 0 aromatic heterocycles. The molecule has 1 atom stereocenters. The Kier molecular flexibility index (Phi) is 4.50. The first kappa shape index (κ1) is 17.5. The van der Waals surface area contributed by atoms with Gasteiger partial charge in [0.1, 0.15) is 0 Å². The average Bonchev–Trinajstić information content (AvgIpc) is 2.79. The van der Waals surface area contributed by atoms with Crippen molar-refractivity contribution in [1.29, 1.82) is 0 Å². The van der Waals surface area contributed by atoms with Crippen molar-refractivity contribution in [1.82, 2.24) is 0 Å². The highest BCUT2D eigenvalue weighted by Crippen LogP contribution is 2.35. The van der Waals surface area contributed by atoms with Gasteiger partial charge in [-0.25, -0.2) is 0 Å². The van der Waals surface area contributed by atoms with E-state index in [1.165, 1.54) is 38.5 Å². The number of allylic oxidation sites excluding steroid dienone is 3. The quantitative estimate of drug-likeness (QED) is 0.356. The Balaban J connectivity index is 1.64. The molecule has 0 fully saturated rings. The fourth-order valence-electron chi connectivity index (χ4n) is 4.15. The summed E-state index contributed by atoms with van der Waals surface area (Å²) >= 11 is 0. The highest BCUT2D eigenvalue weighted by Gasteiger charge is 2.20. The van der Waals surface area contributed by atoms with Gasteiger partial charge in [-0.15, -0.1) is 0 Å². The molecule has 0 saturated carbocycles. The summed E-state index contributed by atoms with van der Waals surface area (Å²) in [6.45, 7) is 3.91. The second kappa shape index (κ2) is 7.44. The molecule has 0 saturated heterocycles. The molecule has 4 aromatic rings. The lowest BCUT2D eigenvalue weighted by molar-refractivity contribution is 0.782. The van der Waals surface area contributed by atoms with Crippen molar-refractivity contribution in [2.45, 2.75) is 12.5 Å². The van der Waals surface area contributed by atoms with Crippen LogP contribution in [0.25, 0.3) is 21.5 Å². The number of fused-ring (bicyclic) bond motifs is 2. The van der Waals surface area contributed by atoms with Crippen molar-refractivity contribution in [3.05, 3.63) is 121 Å². The summed E-state index contributed by atoms with van der Waals surface area (Å²) in [6.07, 6.45) is 9.62. The van der Waals surface area contributed by atoms with Gasteiger partial charge in [0.05, 0.1) is 6.04 Å². The van der Waals surface area contributed by atoms with Crippen LogP contribution in [0.2, 0.25) is 0 Å². The lowest BCUT2D eigenvalue weighted by atomic mass is 9.99. The van der Waals surface area contributed by atoms with Gasteiger partial charge in [0.25, 0.3) is 0 Å². The molecule has 140 valence electrons. The summed E-state index contributed by atoms with van der Waals surface area (Å²) in [7, 11) is 0. The molecular formula is C28H23N. The second-order valence-corrected chi connectivity index (χ2v) is 7.50. The maximum absolute atomic E-state index is 3.91. The van der Waals surface area contributed by atoms with Gasteiger partial charge < -0.3 is 4.90 Å². The van der Waals surface area contributed by atoms with Crippen molar-refractivity contribution in [3.8, 4) is 0 Å². The van der Waals surface area contributed by atoms with Gasteiger partial charge in [-0.2, -0.15) is 0 Å². The molecule has 1 nitrogen and oxygen atoms in total. The zero-order chi connectivity index (χ0) is 19.6. The minimum atomic E-state index is 0.265. The Labute approximate surface area is 171 Å². The summed E-state index contributed by atoms with van der Waals surface area (Å²) in [5, 5.41) is 5.06. The lowest BCUT2D eigenvalue weighted by Gasteiger charge is -2.33. The third-order valence-corrected chi connectivity index (χ3v) is 5.70. The third-order valence-electron chi connectivity index (χ3n) is 5.70. The Bertz CT molecular complexity index is 1180. The fraction of sp³-hybridized carbons (Fsp3) is 0.0714. The Morgan fingerprint density at radius 3 is 1.76 bits per heavy atom. The predicted octanol–water partition coefficient (Wildman–Crippen LogP) is 7.57. The van der Waals surface area contributed by atoms with Crippen molar-refractivity contribution in [2.24, 2.45) is 0 Å². The SMILES string of the molecule is C=CC1=CCC(N(c2ccc3ccccc3c2)c2ccc3ccccc3c2)C=C1. The molecule has 0 spiro atoms. The predicted molar refractivity (Wildman–Crippen MR) is 126 cm³/mol. The van der Waals surface area contributed by atoms with Gasteiger partial charge in [-0.05, 0) is 57.8 Å². The second-order valence-electron chi connectivity index (χ2n) is 7.50. The topological polar surface area (TPSA) is 3.24 Å². The molecule has 4 aromatic carbocycles. The zero-order valence-electron chi connectivity index (χ0n) is 16.3. The first-order valence-corrected chi connectivity index (χ1v) is 10.1. The molecule has 1 aliphatic rings. The molecule has 0 heterocycles. The van der Waals surface area contributed by atoms with E-state index in [9.17, 15) is 0 Å². The van der Waals surface area contributed by atoms with Crippen LogP contribution >= 0.6 is 0 Å². The van der Waals surface area contributed by atoms with Crippen LogP contribution in [0.15, 0.2) is 121 Å². The number of benzene rings is 4. The van der Waals surface area contributed by atoms with E-state index >= 15 is 0 Å². The molecule has 1 unspecified atom stereocenters. The normalized spacial score (nSPS) is 16.0. The Morgan fingerprint density at radius 1 is 0.724 bits per heavy atom. The number of rotatable bonds is 4. The van der Waals surface area contributed by atoms with E-state index < -0.39 is 0 Å². The Hall–Kier alpha value is -3.58. The molecule has 0 aliphatic heterocycles. The molecule has 0 radical (unpaired) electrons. The standard InChI is InChI=1S/C28H23N/c1-2-21-11-15-26(16-12-21)29(27-17-13-22-7-3-5-9-24(22)19-27)28-18-14-23-8-4-6-10-25(23)20-28/h2-15,17-20,26H,1,16H2. The minimum absolute atomic E-state index is 0.265. The molecule has 0 N–H and O–H groups in total. The van der Waals surface area contributed by atoms with Gasteiger partial charge in [-0.3, -0.25) is 0 Å². The highest BCUT2D eigenvalue weighted by molar-refractivity contribution is 5.90. The molecule has 1 heteroatoms. The average molecular weight is 373 g/mol. The molecule has 29 heavy (non-hydrogen) atoms. The van der Waals surface area contributed by atoms with Crippen LogP contribution in [0, 0.1) is 0 Å². The summed E-state index contributed by atoms with van der Waals surface area (Å²) in [6, 6.07) is 30.9. The van der Waals surface area contributed by atoms with Gasteiger partial charge in [0.15, 0.2) is 0 Å². The molecule has 0 amide bonds. The van der Waals surface area contributed by atoms with Gasteiger partial charge in [0, 0.05) is 11.4 Å². The van der Waals surface area contributed by atoms with E-state index in [1.807, 2.05) is 6.08 Å². The first-order chi connectivity index (χ1) is 14.3. The molecule has 1 aliphatic carbocycles. The van der Waals surface area contributed by atoms with Gasteiger partial charge in [0.2, 0.25) is 0 Å². The van der Waals surface area contributed by atoms with Crippen LogP contribution in [-0.4, -0.2) is 6.04 Å². The fourth-order valence-corrected chi connectivity index (χ4v) is 4.15. The van der Waals surface area contributed by atoms with Crippen LogP contribution in [0.1, 0.15) is 6.42 Å². The van der Waals surface area contributed by atoms with Crippen LogP contribution in [0.5, 0.6) is 0 Å². The highest BCUT2D eigenvalue weighted by atomic mass is 15.2. The van der Waals surface area contributed by atoms with Crippen LogP contribution < -0.4 is 4.90 Å². The van der Waals surface area contributed by atoms with E-state index in [2.05, 4.69) is 115 Å². The lowest BCUT2D eigenvalue weighted by Crippen LogP contribution is -2.30. The monoisotopic (exact) mass is 373 g/mol. The number of hydrogen-bond donors (Lipinski definition) is 0. The van der Waals surface area contributed by atoms with Crippen molar-refractivity contribution < 1.29 is 0 Å². The van der Waals surface area contributed by atoms with Crippen molar-refractivity contribution in [3.63, 3.8) is 0 Å². The summed E-state index contributed by atoms with van der Waals surface area (Å²) < 4.78 is 0.